The molecule has 1 aromatic rings. The standard InChI is InChI=1S/C13H14ClN3O4/c1-15-12(18)10-6-3-7-16(10)13(19)8-4-2-5-9(14)11(8)17(20)21/h2,4-5,10H,3,6-7H2,1H3,(H,15,18). The zero-order valence-electron chi connectivity index (χ0n) is 11.3. The summed E-state index contributed by atoms with van der Waals surface area (Å²) in [6.45, 7) is 0.389. The van der Waals surface area contributed by atoms with Crippen molar-refractivity contribution in [3.8, 4) is 0 Å². The summed E-state index contributed by atoms with van der Waals surface area (Å²) in [4.78, 5) is 36.1. The monoisotopic (exact) mass is 311 g/mol. The van der Waals surface area contributed by atoms with Crippen LogP contribution in [0.4, 0.5) is 5.69 Å². The summed E-state index contributed by atoms with van der Waals surface area (Å²) in [7, 11) is 1.49. The second kappa shape index (κ2) is 6.09. The lowest BCUT2D eigenvalue weighted by Gasteiger charge is -2.23. The fraction of sp³-hybridized carbons (Fsp3) is 0.385. The van der Waals surface area contributed by atoms with Gasteiger partial charge in [-0.05, 0) is 25.0 Å². The van der Waals surface area contributed by atoms with Gasteiger partial charge in [0.15, 0.2) is 0 Å². The van der Waals surface area contributed by atoms with Gasteiger partial charge < -0.3 is 10.2 Å². The van der Waals surface area contributed by atoms with Gasteiger partial charge in [0.2, 0.25) is 5.91 Å². The number of halogens is 1. The molecule has 8 heteroatoms. The van der Waals surface area contributed by atoms with Crippen LogP contribution in [-0.2, 0) is 4.79 Å². The molecular formula is C13H14ClN3O4. The lowest BCUT2D eigenvalue weighted by molar-refractivity contribution is -0.385. The van der Waals surface area contributed by atoms with Gasteiger partial charge >= 0.3 is 5.69 Å². The van der Waals surface area contributed by atoms with Gasteiger partial charge in [0.1, 0.15) is 16.6 Å². The first kappa shape index (κ1) is 15.2. The van der Waals surface area contributed by atoms with E-state index in [0.717, 1.165) is 0 Å². The average Bonchev–Trinajstić information content (AvgIpc) is 2.94. The normalized spacial score (nSPS) is 17.6. The zero-order valence-corrected chi connectivity index (χ0v) is 12.1. The molecule has 1 aliphatic rings. The highest BCUT2D eigenvalue weighted by molar-refractivity contribution is 6.33. The average molecular weight is 312 g/mol. The SMILES string of the molecule is CNC(=O)C1CCCN1C(=O)c1cccc(Cl)c1[N+](=O)[O-]. The molecule has 0 spiro atoms. The molecule has 0 saturated carbocycles. The lowest BCUT2D eigenvalue weighted by atomic mass is 10.1. The number of hydrogen-bond acceptors (Lipinski definition) is 4. The molecular weight excluding hydrogens is 298 g/mol. The van der Waals surface area contributed by atoms with Gasteiger partial charge in [-0.1, -0.05) is 17.7 Å². The van der Waals surface area contributed by atoms with E-state index in [-0.39, 0.29) is 16.5 Å². The second-order valence-corrected chi connectivity index (χ2v) is 5.07. The Morgan fingerprint density at radius 3 is 2.81 bits per heavy atom. The Bertz CT molecular complexity index is 605. The van der Waals surface area contributed by atoms with Crippen molar-refractivity contribution in [2.45, 2.75) is 18.9 Å². The maximum Gasteiger partial charge on any atom is 0.300 e. The molecule has 112 valence electrons. The minimum absolute atomic E-state index is 0.0942. The number of benzene rings is 1. The molecule has 1 N–H and O–H groups in total. The van der Waals surface area contributed by atoms with Crippen LogP contribution in [0.5, 0.6) is 0 Å². The Balaban J connectivity index is 2.39. The van der Waals surface area contributed by atoms with Crippen molar-refractivity contribution in [1.82, 2.24) is 10.2 Å². The molecule has 1 aromatic carbocycles. The number of nitro benzene ring substituents is 1. The summed E-state index contributed by atoms with van der Waals surface area (Å²) < 4.78 is 0. The van der Waals surface area contributed by atoms with Gasteiger partial charge in [0.25, 0.3) is 5.91 Å². The van der Waals surface area contributed by atoms with E-state index in [1.807, 2.05) is 0 Å². The first-order valence-corrected chi connectivity index (χ1v) is 6.80. The molecule has 1 fully saturated rings. The van der Waals surface area contributed by atoms with E-state index in [0.29, 0.717) is 19.4 Å². The third-order valence-corrected chi connectivity index (χ3v) is 3.77. The van der Waals surface area contributed by atoms with E-state index >= 15 is 0 Å². The first-order valence-electron chi connectivity index (χ1n) is 6.42. The van der Waals surface area contributed by atoms with E-state index in [1.165, 1.54) is 30.1 Å². The number of amides is 2. The number of carbonyl (C=O) groups excluding carboxylic acids is 2. The van der Waals surface area contributed by atoms with Crippen molar-refractivity contribution in [3.63, 3.8) is 0 Å². The molecule has 7 nitrogen and oxygen atoms in total. The maximum absolute atomic E-state index is 12.5. The van der Waals surface area contributed by atoms with Gasteiger partial charge in [0, 0.05) is 13.6 Å². The zero-order chi connectivity index (χ0) is 15.6. The molecule has 2 rings (SSSR count). The van der Waals surface area contributed by atoms with Crippen LogP contribution in [0.15, 0.2) is 18.2 Å². The summed E-state index contributed by atoms with van der Waals surface area (Å²) in [5.74, 6) is -0.819. The number of nitrogens with one attached hydrogen (secondary N) is 1. The molecule has 1 saturated heterocycles. The van der Waals surface area contributed by atoms with Gasteiger partial charge in [0.05, 0.1) is 4.92 Å². The predicted molar refractivity (Wildman–Crippen MR) is 76.2 cm³/mol. The quantitative estimate of drug-likeness (QED) is 0.678. The molecule has 1 atom stereocenters. The molecule has 0 bridgehead atoms. The van der Waals surface area contributed by atoms with Crippen molar-refractivity contribution < 1.29 is 14.5 Å². The Morgan fingerprint density at radius 1 is 1.48 bits per heavy atom. The Morgan fingerprint density at radius 2 is 2.19 bits per heavy atom. The van der Waals surface area contributed by atoms with Crippen LogP contribution in [0, 0.1) is 10.1 Å². The number of rotatable bonds is 3. The maximum atomic E-state index is 12.5. The first-order chi connectivity index (χ1) is 9.97. The molecule has 1 heterocycles. The number of para-hydroxylation sites is 1. The minimum Gasteiger partial charge on any atom is -0.357 e. The van der Waals surface area contributed by atoms with Crippen LogP contribution in [-0.4, -0.2) is 41.3 Å². The third-order valence-electron chi connectivity index (χ3n) is 3.46. The molecule has 21 heavy (non-hydrogen) atoms. The smallest absolute Gasteiger partial charge is 0.300 e. The summed E-state index contributed by atoms with van der Waals surface area (Å²) in [6.07, 6.45) is 1.22. The van der Waals surface area contributed by atoms with E-state index in [2.05, 4.69) is 5.32 Å². The van der Waals surface area contributed by atoms with E-state index in [1.54, 1.807) is 0 Å². The minimum atomic E-state index is -0.680. The number of hydrogen-bond donors (Lipinski definition) is 1. The molecule has 2 amide bonds. The fourth-order valence-electron chi connectivity index (χ4n) is 2.48. The van der Waals surface area contributed by atoms with Gasteiger partial charge in [-0.25, -0.2) is 0 Å². The van der Waals surface area contributed by atoms with Crippen LogP contribution in [0.25, 0.3) is 0 Å². The molecule has 0 radical (unpaired) electrons. The summed E-state index contributed by atoms with van der Waals surface area (Å²) in [5, 5.41) is 13.5. The summed E-state index contributed by atoms with van der Waals surface area (Å²) in [6, 6.07) is 3.59. The number of likely N-dealkylation sites (tertiary alicyclic amines) is 1. The largest absolute Gasteiger partial charge is 0.357 e. The van der Waals surface area contributed by atoms with Crippen molar-refractivity contribution in [3.05, 3.63) is 38.9 Å². The van der Waals surface area contributed by atoms with Crippen LogP contribution < -0.4 is 5.32 Å². The van der Waals surface area contributed by atoms with Crippen LogP contribution in [0.3, 0.4) is 0 Å². The summed E-state index contributed by atoms with van der Waals surface area (Å²) in [5.41, 5.74) is -0.518. The number of likely N-dealkylation sites (N-methyl/N-ethyl adjacent to an activating group) is 1. The highest BCUT2D eigenvalue weighted by Crippen LogP contribution is 2.31. The topological polar surface area (TPSA) is 92.6 Å². The highest BCUT2D eigenvalue weighted by Gasteiger charge is 2.36. The summed E-state index contributed by atoms with van der Waals surface area (Å²) >= 11 is 5.81. The van der Waals surface area contributed by atoms with Gasteiger partial charge in [-0.2, -0.15) is 0 Å². The molecule has 0 aromatic heterocycles. The molecule has 0 aliphatic carbocycles. The van der Waals surface area contributed by atoms with Crippen LogP contribution in [0.2, 0.25) is 5.02 Å². The van der Waals surface area contributed by atoms with Crippen molar-refractivity contribution in [2.24, 2.45) is 0 Å². The molecule has 1 aliphatic heterocycles. The fourth-order valence-corrected chi connectivity index (χ4v) is 2.72. The Labute approximate surface area is 126 Å². The Hall–Kier alpha value is -2.15. The van der Waals surface area contributed by atoms with Crippen LogP contribution in [0.1, 0.15) is 23.2 Å². The lowest BCUT2D eigenvalue weighted by Crippen LogP contribution is -2.45. The Kier molecular flexibility index (Phi) is 4.42. The van der Waals surface area contributed by atoms with E-state index in [9.17, 15) is 19.7 Å². The third kappa shape index (κ3) is 2.82. The number of nitrogens with zero attached hydrogens (tertiary/aromatic N) is 2. The second-order valence-electron chi connectivity index (χ2n) is 4.66. The van der Waals surface area contributed by atoms with E-state index in [4.69, 9.17) is 11.6 Å². The number of nitro groups is 1. The van der Waals surface area contributed by atoms with Crippen molar-refractivity contribution in [2.75, 3.05) is 13.6 Å². The number of carbonyl (C=O) groups is 2. The highest BCUT2D eigenvalue weighted by atomic mass is 35.5. The van der Waals surface area contributed by atoms with Crippen molar-refractivity contribution >= 4 is 29.1 Å². The molecule has 1 unspecified atom stereocenters. The van der Waals surface area contributed by atoms with Crippen LogP contribution >= 0.6 is 11.6 Å². The van der Waals surface area contributed by atoms with Gasteiger partial charge in [-0.3, -0.25) is 19.7 Å². The predicted octanol–water partition coefficient (Wildman–Crippen LogP) is 1.60. The van der Waals surface area contributed by atoms with E-state index < -0.39 is 22.6 Å². The van der Waals surface area contributed by atoms with Crippen molar-refractivity contribution in [1.29, 1.82) is 0 Å². The van der Waals surface area contributed by atoms with Gasteiger partial charge in [-0.15, -0.1) is 0 Å².